The van der Waals surface area contributed by atoms with E-state index in [1.807, 2.05) is 18.2 Å². The first kappa shape index (κ1) is 14.4. The van der Waals surface area contributed by atoms with Crippen LogP contribution in [0.5, 0.6) is 0 Å². The summed E-state index contributed by atoms with van der Waals surface area (Å²) in [5, 5.41) is 2.19. The standard InChI is InChI=1S/C20H13Cl2N/c21-17-10-16-11-19(23-20(16)12-18(17)22)15-8-6-14(7-9-15)13-4-2-1-3-5-13/h1-12,23H. The van der Waals surface area contributed by atoms with Crippen molar-refractivity contribution in [2.45, 2.75) is 0 Å². The van der Waals surface area contributed by atoms with Crippen LogP contribution in [0.25, 0.3) is 33.3 Å². The highest BCUT2D eigenvalue weighted by atomic mass is 35.5. The van der Waals surface area contributed by atoms with E-state index in [1.54, 1.807) is 0 Å². The summed E-state index contributed by atoms with van der Waals surface area (Å²) in [6, 6.07) is 24.7. The molecule has 3 aromatic carbocycles. The zero-order valence-electron chi connectivity index (χ0n) is 12.2. The summed E-state index contributed by atoms with van der Waals surface area (Å²) >= 11 is 12.2. The molecule has 0 radical (unpaired) electrons. The lowest BCUT2D eigenvalue weighted by Crippen LogP contribution is -1.80. The quantitative estimate of drug-likeness (QED) is 0.413. The Morgan fingerprint density at radius 3 is 1.96 bits per heavy atom. The number of aromatic nitrogens is 1. The van der Waals surface area contributed by atoms with E-state index < -0.39 is 0 Å². The Kier molecular flexibility index (Phi) is 3.60. The zero-order chi connectivity index (χ0) is 15.8. The predicted molar refractivity (Wildman–Crippen MR) is 99.2 cm³/mol. The number of halogens is 2. The topological polar surface area (TPSA) is 15.8 Å². The number of fused-ring (bicyclic) bond motifs is 1. The van der Waals surface area contributed by atoms with Gasteiger partial charge in [-0.3, -0.25) is 0 Å². The highest BCUT2D eigenvalue weighted by Gasteiger charge is 2.07. The molecule has 0 aliphatic carbocycles. The van der Waals surface area contributed by atoms with E-state index in [9.17, 15) is 0 Å². The number of benzene rings is 3. The smallest absolute Gasteiger partial charge is 0.0613 e. The molecular weight excluding hydrogens is 325 g/mol. The molecule has 1 nitrogen and oxygen atoms in total. The van der Waals surface area contributed by atoms with Gasteiger partial charge < -0.3 is 4.98 Å². The van der Waals surface area contributed by atoms with Crippen molar-refractivity contribution in [3.8, 4) is 22.4 Å². The highest BCUT2D eigenvalue weighted by molar-refractivity contribution is 6.42. The molecule has 4 aromatic rings. The molecule has 0 unspecified atom stereocenters. The summed E-state index contributed by atoms with van der Waals surface area (Å²) in [4.78, 5) is 3.40. The first-order valence-electron chi connectivity index (χ1n) is 7.34. The molecule has 3 heteroatoms. The Morgan fingerprint density at radius 1 is 0.609 bits per heavy atom. The van der Waals surface area contributed by atoms with Crippen molar-refractivity contribution >= 4 is 34.1 Å². The highest BCUT2D eigenvalue weighted by Crippen LogP contribution is 2.31. The Morgan fingerprint density at radius 2 is 1.22 bits per heavy atom. The van der Waals surface area contributed by atoms with Crippen LogP contribution in [0, 0.1) is 0 Å². The van der Waals surface area contributed by atoms with Crippen LogP contribution < -0.4 is 0 Å². The van der Waals surface area contributed by atoms with Gasteiger partial charge >= 0.3 is 0 Å². The second kappa shape index (κ2) is 5.77. The molecule has 1 N–H and O–H groups in total. The Hall–Kier alpha value is -2.22. The minimum atomic E-state index is 0.562. The van der Waals surface area contributed by atoms with E-state index >= 15 is 0 Å². The normalized spacial score (nSPS) is 11.0. The van der Waals surface area contributed by atoms with Crippen LogP contribution in [0.1, 0.15) is 0 Å². The lowest BCUT2D eigenvalue weighted by atomic mass is 10.0. The fourth-order valence-electron chi connectivity index (χ4n) is 2.75. The summed E-state index contributed by atoms with van der Waals surface area (Å²) in [6.45, 7) is 0. The van der Waals surface area contributed by atoms with Crippen LogP contribution in [-0.4, -0.2) is 4.98 Å². The minimum absolute atomic E-state index is 0.562. The maximum Gasteiger partial charge on any atom is 0.0613 e. The molecule has 0 aliphatic rings. The van der Waals surface area contributed by atoms with Crippen molar-refractivity contribution in [1.29, 1.82) is 0 Å². The van der Waals surface area contributed by atoms with Gasteiger partial charge in [0.2, 0.25) is 0 Å². The molecular formula is C20H13Cl2N. The van der Waals surface area contributed by atoms with Gasteiger partial charge in [0.1, 0.15) is 0 Å². The Labute approximate surface area is 144 Å². The van der Waals surface area contributed by atoms with Gasteiger partial charge in [0.05, 0.1) is 10.0 Å². The molecule has 0 saturated heterocycles. The molecule has 23 heavy (non-hydrogen) atoms. The van der Waals surface area contributed by atoms with E-state index in [1.165, 1.54) is 11.1 Å². The van der Waals surface area contributed by atoms with Gasteiger partial charge in [-0.25, -0.2) is 0 Å². The summed E-state index contributed by atoms with van der Waals surface area (Å²) in [5.41, 5.74) is 5.60. The first-order valence-corrected chi connectivity index (χ1v) is 8.10. The molecule has 0 saturated carbocycles. The lowest BCUT2D eigenvalue weighted by molar-refractivity contribution is 1.45. The monoisotopic (exact) mass is 337 g/mol. The third kappa shape index (κ3) is 2.74. The fourth-order valence-corrected chi connectivity index (χ4v) is 3.09. The second-order valence-corrected chi connectivity index (χ2v) is 6.29. The van der Waals surface area contributed by atoms with E-state index in [4.69, 9.17) is 23.2 Å². The first-order chi connectivity index (χ1) is 11.2. The van der Waals surface area contributed by atoms with E-state index in [0.717, 1.165) is 22.2 Å². The van der Waals surface area contributed by atoms with Gasteiger partial charge in [0.15, 0.2) is 0 Å². The largest absolute Gasteiger partial charge is 0.354 e. The van der Waals surface area contributed by atoms with Gasteiger partial charge in [-0.1, -0.05) is 77.8 Å². The van der Waals surface area contributed by atoms with Crippen LogP contribution in [0.2, 0.25) is 10.0 Å². The summed E-state index contributed by atoms with van der Waals surface area (Å²) in [6.07, 6.45) is 0. The van der Waals surface area contributed by atoms with Crippen molar-refractivity contribution in [3.05, 3.63) is 82.8 Å². The van der Waals surface area contributed by atoms with Gasteiger partial charge in [-0.15, -0.1) is 0 Å². The van der Waals surface area contributed by atoms with Gasteiger partial charge in [-0.2, -0.15) is 0 Å². The van der Waals surface area contributed by atoms with Crippen LogP contribution >= 0.6 is 23.2 Å². The molecule has 0 fully saturated rings. The maximum absolute atomic E-state index is 6.09. The molecule has 0 spiro atoms. The molecule has 0 bridgehead atoms. The third-order valence-corrected chi connectivity index (χ3v) is 4.69. The summed E-state index contributed by atoms with van der Waals surface area (Å²) < 4.78 is 0. The van der Waals surface area contributed by atoms with Crippen LogP contribution in [0.4, 0.5) is 0 Å². The van der Waals surface area contributed by atoms with Gasteiger partial charge in [0.25, 0.3) is 0 Å². The van der Waals surface area contributed by atoms with Crippen LogP contribution in [0.3, 0.4) is 0 Å². The number of H-pyrrole nitrogens is 1. The molecule has 0 amide bonds. The second-order valence-electron chi connectivity index (χ2n) is 5.48. The Bertz CT molecular complexity index is 931. The number of hydrogen-bond donors (Lipinski definition) is 1. The van der Waals surface area contributed by atoms with E-state index in [0.29, 0.717) is 10.0 Å². The fraction of sp³-hybridized carbons (Fsp3) is 0. The molecule has 1 heterocycles. The Balaban J connectivity index is 1.73. The summed E-state index contributed by atoms with van der Waals surface area (Å²) in [7, 11) is 0. The average molecular weight is 338 g/mol. The predicted octanol–water partition coefficient (Wildman–Crippen LogP) is 6.81. The molecule has 0 atom stereocenters. The number of rotatable bonds is 2. The summed E-state index contributed by atoms with van der Waals surface area (Å²) in [5.74, 6) is 0. The lowest BCUT2D eigenvalue weighted by Gasteiger charge is -2.03. The van der Waals surface area contributed by atoms with E-state index in [-0.39, 0.29) is 0 Å². The SMILES string of the molecule is Clc1cc2cc(-c3ccc(-c4ccccc4)cc3)[nH]c2cc1Cl. The number of hydrogen-bond acceptors (Lipinski definition) is 0. The van der Waals surface area contributed by atoms with Crippen molar-refractivity contribution in [2.75, 3.05) is 0 Å². The van der Waals surface area contributed by atoms with Crippen LogP contribution in [0.15, 0.2) is 72.8 Å². The zero-order valence-corrected chi connectivity index (χ0v) is 13.7. The molecule has 4 rings (SSSR count). The van der Waals surface area contributed by atoms with Crippen molar-refractivity contribution in [3.63, 3.8) is 0 Å². The van der Waals surface area contributed by atoms with Crippen LogP contribution in [-0.2, 0) is 0 Å². The van der Waals surface area contributed by atoms with Crippen molar-refractivity contribution in [2.24, 2.45) is 0 Å². The van der Waals surface area contributed by atoms with E-state index in [2.05, 4.69) is 59.6 Å². The molecule has 112 valence electrons. The number of aromatic amines is 1. The maximum atomic E-state index is 6.09. The van der Waals surface area contributed by atoms with Gasteiger partial charge in [0, 0.05) is 16.6 Å². The van der Waals surface area contributed by atoms with Gasteiger partial charge in [-0.05, 0) is 34.9 Å². The minimum Gasteiger partial charge on any atom is -0.354 e. The molecule has 0 aliphatic heterocycles. The number of nitrogens with one attached hydrogen (secondary N) is 1. The average Bonchev–Trinajstić information content (AvgIpc) is 2.99. The van der Waals surface area contributed by atoms with Crippen molar-refractivity contribution in [1.82, 2.24) is 4.98 Å². The third-order valence-electron chi connectivity index (χ3n) is 3.96. The molecule has 1 aromatic heterocycles. The van der Waals surface area contributed by atoms with Crippen molar-refractivity contribution < 1.29 is 0 Å².